The van der Waals surface area contributed by atoms with Crippen LogP contribution in [0.4, 0.5) is 5.69 Å². The predicted molar refractivity (Wildman–Crippen MR) is 96.7 cm³/mol. The van der Waals surface area contributed by atoms with Gasteiger partial charge in [0.15, 0.2) is 17.3 Å². The molecule has 0 spiro atoms. The van der Waals surface area contributed by atoms with Crippen LogP contribution in [0.15, 0.2) is 36.4 Å². The molecule has 7 nitrogen and oxygen atoms in total. The lowest BCUT2D eigenvalue weighted by Gasteiger charge is -2.14. The van der Waals surface area contributed by atoms with Gasteiger partial charge in [-0.2, -0.15) is 0 Å². The van der Waals surface area contributed by atoms with Crippen LogP contribution in [0.25, 0.3) is 0 Å². The first-order chi connectivity index (χ1) is 12.5. The van der Waals surface area contributed by atoms with E-state index in [-0.39, 0.29) is 18.0 Å². The van der Waals surface area contributed by atoms with Crippen molar-refractivity contribution in [2.24, 2.45) is 0 Å². The zero-order valence-corrected chi connectivity index (χ0v) is 15.1. The smallest absolute Gasteiger partial charge is 0.255 e. The Balaban J connectivity index is 2.36. The van der Waals surface area contributed by atoms with Gasteiger partial charge in [0.1, 0.15) is 12.4 Å². The van der Waals surface area contributed by atoms with Crippen molar-refractivity contribution in [1.29, 1.82) is 0 Å². The monoisotopic (exact) mass is 359 g/mol. The number of carbonyl (C=O) groups excluding carboxylic acids is 2. The first-order valence-electron chi connectivity index (χ1n) is 7.78. The summed E-state index contributed by atoms with van der Waals surface area (Å²) in [6.07, 6.45) is 0. The number of benzene rings is 2. The molecule has 0 atom stereocenters. The molecule has 1 N–H and O–H groups in total. The van der Waals surface area contributed by atoms with Crippen molar-refractivity contribution in [3.63, 3.8) is 0 Å². The Morgan fingerprint density at radius 1 is 0.885 bits per heavy atom. The number of amides is 1. The van der Waals surface area contributed by atoms with Gasteiger partial charge in [-0.15, -0.1) is 0 Å². The second-order valence-electron chi connectivity index (χ2n) is 5.26. The second-order valence-corrected chi connectivity index (χ2v) is 5.26. The van der Waals surface area contributed by atoms with Crippen LogP contribution in [0, 0.1) is 0 Å². The van der Waals surface area contributed by atoms with Gasteiger partial charge in [-0.25, -0.2) is 0 Å². The van der Waals surface area contributed by atoms with E-state index in [4.69, 9.17) is 18.9 Å². The van der Waals surface area contributed by atoms with Gasteiger partial charge in [0.2, 0.25) is 0 Å². The fourth-order valence-electron chi connectivity index (χ4n) is 2.47. The maximum Gasteiger partial charge on any atom is 0.255 e. The van der Waals surface area contributed by atoms with E-state index in [1.807, 2.05) is 0 Å². The third kappa shape index (κ3) is 4.12. The molecule has 0 unspecified atom stereocenters. The SMILES string of the molecule is COCC(=O)c1c(NC(=O)c2ccc(OC)c(OC)c2)cccc1OC. The molecule has 0 saturated carbocycles. The van der Waals surface area contributed by atoms with Gasteiger partial charge in [0.05, 0.1) is 32.6 Å². The first-order valence-corrected chi connectivity index (χ1v) is 7.78. The molecule has 138 valence electrons. The van der Waals surface area contributed by atoms with Crippen molar-refractivity contribution >= 4 is 17.4 Å². The highest BCUT2D eigenvalue weighted by atomic mass is 16.5. The minimum absolute atomic E-state index is 0.125. The van der Waals surface area contributed by atoms with E-state index < -0.39 is 5.91 Å². The number of carbonyl (C=O) groups is 2. The lowest BCUT2D eigenvalue weighted by Crippen LogP contribution is -2.17. The number of Topliss-reactive ketones (excluding diaryl/α,β-unsaturated/α-hetero) is 1. The third-order valence-electron chi connectivity index (χ3n) is 3.69. The number of methoxy groups -OCH3 is 4. The Morgan fingerprint density at radius 2 is 1.58 bits per heavy atom. The normalized spacial score (nSPS) is 10.2. The van der Waals surface area contributed by atoms with Crippen LogP contribution in [0.1, 0.15) is 20.7 Å². The average Bonchev–Trinajstić information content (AvgIpc) is 2.67. The highest BCUT2D eigenvalue weighted by molar-refractivity contribution is 6.11. The molecule has 0 heterocycles. The minimum atomic E-state index is -0.398. The molecule has 0 aliphatic rings. The largest absolute Gasteiger partial charge is 0.496 e. The highest BCUT2D eigenvalue weighted by Crippen LogP contribution is 2.30. The van der Waals surface area contributed by atoms with Gasteiger partial charge >= 0.3 is 0 Å². The summed E-state index contributed by atoms with van der Waals surface area (Å²) in [5.74, 6) is 0.610. The van der Waals surface area contributed by atoms with Crippen molar-refractivity contribution in [2.45, 2.75) is 0 Å². The van der Waals surface area contributed by atoms with Crippen molar-refractivity contribution in [1.82, 2.24) is 0 Å². The molecule has 0 aliphatic heterocycles. The van der Waals surface area contributed by atoms with E-state index in [0.29, 0.717) is 28.5 Å². The lowest BCUT2D eigenvalue weighted by atomic mass is 10.1. The minimum Gasteiger partial charge on any atom is -0.496 e. The molecule has 0 saturated heterocycles. The standard InChI is InChI=1S/C19H21NO6/c1-23-11-14(21)18-13(6-5-7-16(18)25-3)20-19(22)12-8-9-15(24-2)17(10-12)26-4/h5-10H,11H2,1-4H3,(H,20,22). The second kappa shape index (κ2) is 8.87. The molecule has 7 heteroatoms. The quantitative estimate of drug-likeness (QED) is 0.730. The number of anilines is 1. The number of ether oxygens (including phenoxy) is 4. The van der Waals surface area contributed by atoms with Crippen molar-refractivity contribution < 1.29 is 28.5 Å². The lowest BCUT2D eigenvalue weighted by molar-refractivity contribution is 0.0846. The molecule has 0 bridgehead atoms. The molecule has 2 aromatic rings. The van der Waals surface area contributed by atoms with Crippen LogP contribution in [-0.4, -0.2) is 46.7 Å². The number of hydrogen-bond acceptors (Lipinski definition) is 6. The van der Waals surface area contributed by atoms with Crippen molar-refractivity contribution in [3.05, 3.63) is 47.5 Å². The Morgan fingerprint density at radius 3 is 2.19 bits per heavy atom. The molecule has 0 aliphatic carbocycles. The van der Waals surface area contributed by atoms with Crippen LogP contribution in [0.2, 0.25) is 0 Å². The maximum absolute atomic E-state index is 12.6. The average molecular weight is 359 g/mol. The zero-order valence-electron chi connectivity index (χ0n) is 15.1. The van der Waals surface area contributed by atoms with Gasteiger partial charge < -0.3 is 24.3 Å². The number of rotatable bonds is 8. The van der Waals surface area contributed by atoms with Gasteiger partial charge in [-0.1, -0.05) is 6.07 Å². The van der Waals surface area contributed by atoms with E-state index in [9.17, 15) is 9.59 Å². The number of hydrogen-bond donors (Lipinski definition) is 1. The van der Waals surface area contributed by atoms with Crippen molar-refractivity contribution in [2.75, 3.05) is 40.4 Å². The third-order valence-corrected chi connectivity index (χ3v) is 3.69. The summed E-state index contributed by atoms with van der Waals surface area (Å²) in [5, 5.41) is 2.74. The Labute approximate surface area is 151 Å². The zero-order chi connectivity index (χ0) is 19.1. The molecular weight excluding hydrogens is 338 g/mol. The molecule has 2 rings (SSSR count). The Kier molecular flexibility index (Phi) is 6.57. The van der Waals surface area contributed by atoms with Crippen molar-refractivity contribution in [3.8, 4) is 17.2 Å². The summed E-state index contributed by atoms with van der Waals surface area (Å²) in [4.78, 5) is 25.0. The van der Waals surface area contributed by atoms with Crippen LogP contribution in [0.5, 0.6) is 17.2 Å². The van der Waals surface area contributed by atoms with Gasteiger partial charge in [0.25, 0.3) is 5.91 Å². The Bertz CT molecular complexity index is 803. The highest BCUT2D eigenvalue weighted by Gasteiger charge is 2.19. The van der Waals surface area contributed by atoms with E-state index in [1.54, 1.807) is 36.4 Å². The van der Waals surface area contributed by atoms with Gasteiger partial charge in [0, 0.05) is 12.7 Å². The number of nitrogens with one attached hydrogen (secondary N) is 1. The topological polar surface area (TPSA) is 83.1 Å². The molecule has 1 amide bonds. The molecule has 0 fully saturated rings. The summed E-state index contributed by atoms with van der Waals surface area (Å²) < 4.78 is 20.5. The van der Waals surface area contributed by atoms with Crippen LogP contribution in [-0.2, 0) is 4.74 Å². The number of ketones is 1. The van der Waals surface area contributed by atoms with Crippen LogP contribution in [0.3, 0.4) is 0 Å². The van der Waals surface area contributed by atoms with E-state index >= 15 is 0 Å². The molecule has 2 aromatic carbocycles. The predicted octanol–water partition coefficient (Wildman–Crippen LogP) is 2.79. The summed E-state index contributed by atoms with van der Waals surface area (Å²) >= 11 is 0. The first kappa shape index (κ1) is 19.3. The summed E-state index contributed by atoms with van der Waals surface area (Å²) in [6, 6.07) is 9.76. The maximum atomic E-state index is 12.6. The summed E-state index contributed by atoms with van der Waals surface area (Å²) in [7, 11) is 5.89. The van der Waals surface area contributed by atoms with E-state index in [0.717, 1.165) is 0 Å². The molecule has 26 heavy (non-hydrogen) atoms. The van der Waals surface area contributed by atoms with Crippen LogP contribution >= 0.6 is 0 Å². The summed E-state index contributed by atoms with van der Waals surface area (Å²) in [5.41, 5.74) is 0.951. The molecular formula is C19H21NO6. The summed E-state index contributed by atoms with van der Waals surface area (Å²) in [6.45, 7) is -0.125. The Hall–Kier alpha value is -3.06. The fraction of sp³-hybridized carbons (Fsp3) is 0.263. The van der Waals surface area contributed by atoms with Crippen LogP contribution < -0.4 is 19.5 Å². The molecule has 0 aromatic heterocycles. The molecule has 0 radical (unpaired) electrons. The van der Waals surface area contributed by atoms with Gasteiger partial charge in [-0.3, -0.25) is 9.59 Å². The van der Waals surface area contributed by atoms with E-state index in [1.165, 1.54) is 28.4 Å². The van der Waals surface area contributed by atoms with E-state index in [2.05, 4.69) is 5.32 Å². The fourth-order valence-corrected chi connectivity index (χ4v) is 2.47. The van der Waals surface area contributed by atoms with Gasteiger partial charge in [-0.05, 0) is 30.3 Å².